The van der Waals surface area contributed by atoms with E-state index in [2.05, 4.69) is 10.0 Å². The minimum absolute atomic E-state index is 0.0252. The number of carbonyl (C=O) groups excluding carboxylic acids is 2. The van der Waals surface area contributed by atoms with E-state index in [0.717, 1.165) is 0 Å². The van der Waals surface area contributed by atoms with Gasteiger partial charge in [-0.25, -0.2) is 8.42 Å². The number of ether oxygens (including phenoxy) is 3. The molecule has 1 amide bonds. The Labute approximate surface area is 174 Å². The van der Waals surface area contributed by atoms with Crippen molar-refractivity contribution in [2.75, 3.05) is 24.5 Å². The normalized spacial score (nSPS) is 12.9. The lowest BCUT2D eigenvalue weighted by molar-refractivity contribution is -0.146. The molecule has 1 aliphatic heterocycles. The summed E-state index contributed by atoms with van der Waals surface area (Å²) in [5, 5.41) is 2.45. The number of amides is 1. The Morgan fingerprint density at radius 2 is 1.70 bits per heavy atom. The van der Waals surface area contributed by atoms with Gasteiger partial charge in [0.25, 0.3) is 15.9 Å². The summed E-state index contributed by atoms with van der Waals surface area (Å²) >= 11 is 0. The quantitative estimate of drug-likeness (QED) is 0.639. The van der Waals surface area contributed by atoms with Crippen LogP contribution in [0.4, 0.5) is 5.69 Å². The minimum Gasteiger partial charge on any atom is -0.486 e. The fraction of sp³-hybridized carbons (Fsp3) is 0.300. The van der Waals surface area contributed by atoms with Gasteiger partial charge < -0.3 is 19.5 Å². The highest BCUT2D eigenvalue weighted by molar-refractivity contribution is 7.92. The summed E-state index contributed by atoms with van der Waals surface area (Å²) in [5.41, 5.74) is 0.551. The molecule has 0 bridgehead atoms. The molecule has 0 fully saturated rings. The van der Waals surface area contributed by atoms with Gasteiger partial charge in [0.1, 0.15) is 19.8 Å². The number of carbonyl (C=O) groups is 2. The van der Waals surface area contributed by atoms with Crippen LogP contribution in [0.1, 0.15) is 24.2 Å². The van der Waals surface area contributed by atoms with Crippen LogP contribution < -0.4 is 19.5 Å². The van der Waals surface area contributed by atoms with Crippen LogP contribution in [-0.4, -0.2) is 46.2 Å². The Hall–Kier alpha value is -3.27. The molecule has 1 heterocycles. The summed E-state index contributed by atoms with van der Waals surface area (Å²) in [6, 6.07) is 10.2. The highest BCUT2D eigenvalue weighted by Crippen LogP contribution is 2.32. The number of sulfonamides is 1. The standard InChI is InChI=1S/C20H22N2O7S/c1-13(2)29-19(23)12-21-20(24)14-3-5-15(6-4-14)22-30(25,26)16-7-8-17-18(11-16)28-10-9-27-17/h3-8,11,13,22H,9-10,12H2,1-2H3,(H,21,24). The van der Waals surface area contributed by atoms with Crippen LogP contribution >= 0.6 is 0 Å². The Morgan fingerprint density at radius 1 is 1.03 bits per heavy atom. The smallest absolute Gasteiger partial charge is 0.325 e. The van der Waals surface area contributed by atoms with Crippen molar-refractivity contribution in [3.63, 3.8) is 0 Å². The highest BCUT2D eigenvalue weighted by atomic mass is 32.2. The van der Waals surface area contributed by atoms with E-state index in [0.29, 0.717) is 24.7 Å². The second kappa shape index (κ2) is 9.04. The summed E-state index contributed by atoms with van der Waals surface area (Å²) < 4.78 is 43.5. The van der Waals surface area contributed by atoms with E-state index in [1.807, 2.05) is 0 Å². The van der Waals surface area contributed by atoms with Crippen LogP contribution in [0.2, 0.25) is 0 Å². The van der Waals surface area contributed by atoms with Gasteiger partial charge in [0, 0.05) is 17.3 Å². The first kappa shape index (κ1) is 21.4. The zero-order chi connectivity index (χ0) is 21.7. The van der Waals surface area contributed by atoms with Gasteiger partial charge in [-0.05, 0) is 50.2 Å². The Balaban J connectivity index is 1.63. The molecule has 3 rings (SSSR count). The zero-order valence-electron chi connectivity index (χ0n) is 16.5. The number of rotatable bonds is 7. The lowest BCUT2D eigenvalue weighted by atomic mass is 10.2. The molecule has 0 unspecified atom stereocenters. The molecule has 2 aromatic carbocycles. The van der Waals surface area contributed by atoms with Crippen molar-refractivity contribution < 1.29 is 32.2 Å². The summed E-state index contributed by atoms with van der Waals surface area (Å²) in [6.07, 6.45) is -0.268. The van der Waals surface area contributed by atoms with Gasteiger partial charge in [0.15, 0.2) is 11.5 Å². The molecular weight excluding hydrogens is 412 g/mol. The zero-order valence-corrected chi connectivity index (χ0v) is 17.3. The van der Waals surface area contributed by atoms with Crippen molar-refractivity contribution >= 4 is 27.6 Å². The second-order valence-electron chi connectivity index (χ2n) is 6.71. The van der Waals surface area contributed by atoms with Gasteiger partial charge in [0.2, 0.25) is 0 Å². The molecule has 1 aliphatic rings. The summed E-state index contributed by atoms with van der Waals surface area (Å²) in [5.74, 6) is -0.154. The largest absolute Gasteiger partial charge is 0.486 e. The third kappa shape index (κ3) is 5.41. The number of hydrogen-bond donors (Lipinski definition) is 2. The first-order chi connectivity index (χ1) is 14.2. The number of esters is 1. The number of anilines is 1. The molecule has 2 N–H and O–H groups in total. The molecule has 0 spiro atoms. The third-order valence-corrected chi connectivity index (χ3v) is 5.36. The fourth-order valence-electron chi connectivity index (χ4n) is 2.65. The van der Waals surface area contributed by atoms with Crippen LogP contribution in [0.25, 0.3) is 0 Å². The van der Waals surface area contributed by atoms with Crippen molar-refractivity contribution in [2.45, 2.75) is 24.8 Å². The Bertz CT molecular complexity index is 1030. The van der Waals surface area contributed by atoms with Gasteiger partial charge >= 0.3 is 5.97 Å². The summed E-state index contributed by atoms with van der Waals surface area (Å²) in [4.78, 5) is 23.6. The number of fused-ring (bicyclic) bond motifs is 1. The maximum Gasteiger partial charge on any atom is 0.325 e. The van der Waals surface area contributed by atoms with E-state index in [-0.39, 0.29) is 28.8 Å². The predicted octanol–water partition coefficient (Wildman–Crippen LogP) is 1.94. The highest BCUT2D eigenvalue weighted by Gasteiger charge is 2.20. The van der Waals surface area contributed by atoms with Crippen molar-refractivity contribution in [3.8, 4) is 11.5 Å². The fourth-order valence-corrected chi connectivity index (χ4v) is 3.73. The van der Waals surface area contributed by atoms with Crippen molar-refractivity contribution in [3.05, 3.63) is 48.0 Å². The van der Waals surface area contributed by atoms with E-state index in [1.165, 1.54) is 36.4 Å². The van der Waals surface area contributed by atoms with E-state index in [9.17, 15) is 18.0 Å². The molecular formula is C20H22N2O7S. The molecule has 0 saturated carbocycles. The molecule has 0 atom stereocenters. The molecule has 10 heteroatoms. The lowest BCUT2D eigenvalue weighted by Crippen LogP contribution is -2.31. The number of nitrogens with one attached hydrogen (secondary N) is 2. The van der Waals surface area contributed by atoms with Crippen LogP contribution in [0, 0.1) is 0 Å². The maximum absolute atomic E-state index is 12.6. The van der Waals surface area contributed by atoms with Crippen molar-refractivity contribution in [1.82, 2.24) is 5.32 Å². The van der Waals surface area contributed by atoms with E-state index >= 15 is 0 Å². The molecule has 0 aromatic heterocycles. The first-order valence-corrected chi connectivity index (χ1v) is 10.7. The first-order valence-electron chi connectivity index (χ1n) is 9.25. The molecule has 9 nitrogen and oxygen atoms in total. The van der Waals surface area contributed by atoms with Crippen LogP contribution in [0.5, 0.6) is 11.5 Å². The van der Waals surface area contributed by atoms with Gasteiger partial charge in [0.05, 0.1) is 11.0 Å². The van der Waals surface area contributed by atoms with E-state index in [4.69, 9.17) is 14.2 Å². The van der Waals surface area contributed by atoms with Crippen molar-refractivity contribution in [2.24, 2.45) is 0 Å². The van der Waals surface area contributed by atoms with Gasteiger partial charge in [-0.3, -0.25) is 14.3 Å². The van der Waals surface area contributed by atoms with Gasteiger partial charge in [-0.2, -0.15) is 0 Å². The average molecular weight is 434 g/mol. The van der Waals surface area contributed by atoms with Gasteiger partial charge in [-0.1, -0.05) is 0 Å². The van der Waals surface area contributed by atoms with Crippen molar-refractivity contribution in [1.29, 1.82) is 0 Å². The summed E-state index contributed by atoms with van der Waals surface area (Å²) in [6.45, 7) is 3.93. The second-order valence-corrected chi connectivity index (χ2v) is 8.39. The van der Waals surface area contributed by atoms with Crippen LogP contribution in [0.3, 0.4) is 0 Å². The minimum atomic E-state index is -3.86. The Kier molecular flexibility index (Phi) is 6.46. The van der Waals surface area contributed by atoms with E-state index < -0.39 is 21.9 Å². The summed E-state index contributed by atoms with van der Waals surface area (Å²) in [7, 11) is -3.86. The molecule has 0 radical (unpaired) electrons. The average Bonchev–Trinajstić information content (AvgIpc) is 2.71. The topological polar surface area (TPSA) is 120 Å². The van der Waals surface area contributed by atoms with Crippen LogP contribution in [0.15, 0.2) is 47.4 Å². The molecule has 160 valence electrons. The lowest BCUT2D eigenvalue weighted by Gasteiger charge is -2.19. The molecule has 2 aromatic rings. The maximum atomic E-state index is 12.6. The van der Waals surface area contributed by atoms with E-state index in [1.54, 1.807) is 19.9 Å². The van der Waals surface area contributed by atoms with Gasteiger partial charge in [-0.15, -0.1) is 0 Å². The molecule has 0 aliphatic carbocycles. The molecule has 30 heavy (non-hydrogen) atoms. The third-order valence-electron chi connectivity index (χ3n) is 3.98. The predicted molar refractivity (Wildman–Crippen MR) is 108 cm³/mol. The number of benzene rings is 2. The monoisotopic (exact) mass is 434 g/mol. The van der Waals surface area contributed by atoms with Crippen LogP contribution in [-0.2, 0) is 19.6 Å². The number of hydrogen-bond acceptors (Lipinski definition) is 7. The SMILES string of the molecule is CC(C)OC(=O)CNC(=O)c1ccc(NS(=O)(=O)c2ccc3c(c2)OCCO3)cc1. The molecule has 0 saturated heterocycles. The Morgan fingerprint density at radius 3 is 2.37 bits per heavy atom.